The first-order chi connectivity index (χ1) is 15.4. The van der Waals surface area contributed by atoms with E-state index in [0.29, 0.717) is 0 Å². The molecule has 5 nitrogen and oxygen atoms in total. The molecule has 0 saturated carbocycles. The summed E-state index contributed by atoms with van der Waals surface area (Å²) in [7, 11) is 0. The number of halogens is 10. The van der Waals surface area contributed by atoms with Gasteiger partial charge in [-0.05, 0) is 0 Å². The molecule has 0 bridgehead atoms. The molecule has 33 heavy (non-hydrogen) atoms. The first kappa shape index (κ1) is 25.9. The summed E-state index contributed by atoms with van der Waals surface area (Å²) < 4.78 is 145. The maximum Gasteiger partial charge on any atom is 0.332 e. The third kappa shape index (κ3) is 5.53. The van der Waals surface area contributed by atoms with Gasteiger partial charge >= 0.3 is 11.9 Å². The Morgan fingerprint density at radius 2 is 0.697 bits per heavy atom. The van der Waals surface area contributed by atoms with E-state index in [1.165, 1.54) is 0 Å². The molecule has 0 radical (unpaired) electrons. The fourth-order valence-electron chi connectivity index (χ4n) is 2.16. The summed E-state index contributed by atoms with van der Waals surface area (Å²) in [6.45, 7) is -5.02. The van der Waals surface area contributed by atoms with E-state index in [9.17, 15) is 53.5 Å². The number of esters is 2. The van der Waals surface area contributed by atoms with Gasteiger partial charge in [0.05, 0.1) is 11.1 Å². The summed E-state index contributed by atoms with van der Waals surface area (Å²) in [5, 5.41) is 0. The highest BCUT2D eigenvalue weighted by Crippen LogP contribution is 2.24. The number of hydrogen-bond donors (Lipinski definition) is 0. The van der Waals surface area contributed by atoms with Crippen molar-refractivity contribution in [3.63, 3.8) is 0 Å². The smallest absolute Gasteiger partial charge is 0.332 e. The lowest BCUT2D eigenvalue weighted by atomic mass is 10.2. The number of rotatable bonds is 8. The lowest BCUT2D eigenvalue weighted by Gasteiger charge is -2.10. The van der Waals surface area contributed by atoms with E-state index in [1.807, 2.05) is 0 Å². The molecule has 0 amide bonds. The van der Waals surface area contributed by atoms with Crippen LogP contribution in [0.1, 0.15) is 11.1 Å². The monoisotopic (exact) mass is 494 g/mol. The average molecular weight is 494 g/mol. The summed E-state index contributed by atoms with van der Waals surface area (Å²) in [5.41, 5.74) is -2.91. The molecule has 0 atom stereocenters. The Kier molecular flexibility index (Phi) is 8.24. The molecule has 0 aliphatic heterocycles. The highest BCUT2D eigenvalue weighted by atomic mass is 19.2. The molecule has 0 aliphatic carbocycles. The predicted molar refractivity (Wildman–Crippen MR) is 82.9 cm³/mol. The molecule has 15 heteroatoms. The molecule has 0 heterocycles. The van der Waals surface area contributed by atoms with Crippen molar-refractivity contribution < 1.29 is 67.7 Å². The second-order valence-electron chi connectivity index (χ2n) is 5.91. The van der Waals surface area contributed by atoms with Gasteiger partial charge in [-0.1, -0.05) is 0 Å². The van der Waals surface area contributed by atoms with Crippen LogP contribution in [0.25, 0.3) is 0 Å². The van der Waals surface area contributed by atoms with E-state index >= 15 is 0 Å². The number of ether oxygens (including phenoxy) is 3. The minimum absolute atomic E-state index is 1.12. The van der Waals surface area contributed by atoms with Crippen molar-refractivity contribution in [3.05, 3.63) is 69.3 Å². The van der Waals surface area contributed by atoms with Crippen molar-refractivity contribution in [2.75, 3.05) is 13.2 Å². The largest absolute Gasteiger partial charge is 0.459 e. The number of benzene rings is 2. The topological polar surface area (TPSA) is 61.8 Å². The first-order valence-electron chi connectivity index (χ1n) is 8.28. The van der Waals surface area contributed by atoms with E-state index < -0.39 is 108 Å². The molecule has 0 N–H and O–H groups in total. The van der Waals surface area contributed by atoms with E-state index in [2.05, 4.69) is 14.2 Å². The third-order valence-electron chi connectivity index (χ3n) is 3.80. The van der Waals surface area contributed by atoms with Crippen molar-refractivity contribution >= 4 is 11.9 Å². The standard InChI is InChI=1S/C18H8F10O5/c19-9-5(10(20)14(24)17(27)13(9)23)1-32-7(29)3-31-4-8(30)33-2-6-11(21)15(25)18(28)16(26)12(6)22/h1-4H2. The molecule has 0 spiro atoms. The lowest BCUT2D eigenvalue weighted by Crippen LogP contribution is -2.20. The molecule has 2 rings (SSSR count). The fraction of sp³-hybridized carbons (Fsp3) is 0.222. The maximum absolute atomic E-state index is 13.4. The normalized spacial score (nSPS) is 11.0. The van der Waals surface area contributed by atoms with Crippen LogP contribution in [0.15, 0.2) is 0 Å². The molecular formula is C18H8F10O5. The summed E-state index contributed by atoms with van der Waals surface area (Å²) >= 11 is 0. The van der Waals surface area contributed by atoms with Crippen LogP contribution < -0.4 is 0 Å². The van der Waals surface area contributed by atoms with E-state index in [-0.39, 0.29) is 0 Å². The lowest BCUT2D eigenvalue weighted by molar-refractivity contribution is -0.157. The molecule has 2 aromatic rings. The van der Waals surface area contributed by atoms with E-state index in [1.54, 1.807) is 0 Å². The SMILES string of the molecule is O=C(COCC(=O)OCc1c(F)c(F)c(F)c(F)c1F)OCc1c(F)c(F)c(F)c(F)c1F. The molecule has 0 saturated heterocycles. The molecule has 0 aliphatic rings. The van der Waals surface area contributed by atoms with Crippen molar-refractivity contribution in [1.82, 2.24) is 0 Å². The van der Waals surface area contributed by atoms with Gasteiger partial charge in [-0.2, -0.15) is 0 Å². The van der Waals surface area contributed by atoms with Gasteiger partial charge in [-0.3, -0.25) is 0 Å². The molecule has 0 fully saturated rings. The van der Waals surface area contributed by atoms with Crippen LogP contribution in [-0.4, -0.2) is 25.2 Å². The zero-order valence-corrected chi connectivity index (χ0v) is 15.6. The summed E-state index contributed by atoms with van der Waals surface area (Å²) in [6.07, 6.45) is 0. The Morgan fingerprint density at radius 3 is 0.970 bits per heavy atom. The van der Waals surface area contributed by atoms with Crippen LogP contribution in [-0.2, 0) is 37.0 Å². The van der Waals surface area contributed by atoms with Crippen LogP contribution in [0.2, 0.25) is 0 Å². The Labute approximate surface area is 176 Å². The summed E-state index contributed by atoms with van der Waals surface area (Å²) in [5.74, 6) is -25.8. The van der Waals surface area contributed by atoms with Crippen molar-refractivity contribution in [2.24, 2.45) is 0 Å². The maximum atomic E-state index is 13.4. The van der Waals surface area contributed by atoms with E-state index in [0.717, 1.165) is 0 Å². The highest BCUT2D eigenvalue weighted by molar-refractivity contribution is 5.73. The highest BCUT2D eigenvalue weighted by Gasteiger charge is 2.27. The van der Waals surface area contributed by atoms with Crippen LogP contribution in [0.4, 0.5) is 43.9 Å². The number of carbonyl (C=O) groups is 2. The molecular weight excluding hydrogens is 486 g/mol. The zero-order chi connectivity index (χ0) is 25.0. The predicted octanol–water partition coefficient (Wildman–Crippen LogP) is 3.88. The van der Waals surface area contributed by atoms with Gasteiger partial charge in [0.25, 0.3) is 0 Å². The first-order valence-corrected chi connectivity index (χ1v) is 8.28. The number of carbonyl (C=O) groups excluding carboxylic acids is 2. The average Bonchev–Trinajstić information content (AvgIpc) is 2.78. The molecule has 0 unspecified atom stereocenters. The van der Waals surface area contributed by atoms with Crippen molar-refractivity contribution in [3.8, 4) is 0 Å². The minimum atomic E-state index is -2.42. The van der Waals surface area contributed by atoms with Gasteiger partial charge in [-0.25, -0.2) is 53.5 Å². The van der Waals surface area contributed by atoms with Gasteiger partial charge in [0, 0.05) is 0 Å². The Bertz CT molecular complexity index is 961. The Morgan fingerprint density at radius 1 is 0.455 bits per heavy atom. The quantitative estimate of drug-likeness (QED) is 0.241. The van der Waals surface area contributed by atoms with Gasteiger partial charge in [0.15, 0.2) is 46.5 Å². The second kappa shape index (κ2) is 10.5. The molecule has 0 aromatic heterocycles. The van der Waals surface area contributed by atoms with Gasteiger partial charge in [0.2, 0.25) is 11.6 Å². The fourth-order valence-corrected chi connectivity index (χ4v) is 2.16. The van der Waals surface area contributed by atoms with Crippen LogP contribution in [0, 0.1) is 58.2 Å². The van der Waals surface area contributed by atoms with Crippen molar-refractivity contribution in [1.29, 1.82) is 0 Å². The van der Waals surface area contributed by atoms with Crippen LogP contribution >= 0.6 is 0 Å². The van der Waals surface area contributed by atoms with Crippen molar-refractivity contribution in [2.45, 2.75) is 13.2 Å². The summed E-state index contributed by atoms with van der Waals surface area (Å²) in [6, 6.07) is 0. The van der Waals surface area contributed by atoms with Gasteiger partial charge in [-0.15, -0.1) is 0 Å². The Hall–Kier alpha value is -3.36. The zero-order valence-electron chi connectivity index (χ0n) is 15.6. The third-order valence-corrected chi connectivity index (χ3v) is 3.80. The number of hydrogen-bond acceptors (Lipinski definition) is 5. The van der Waals surface area contributed by atoms with Gasteiger partial charge in [0.1, 0.15) is 26.4 Å². The van der Waals surface area contributed by atoms with Gasteiger partial charge < -0.3 is 14.2 Å². The second-order valence-corrected chi connectivity index (χ2v) is 5.91. The van der Waals surface area contributed by atoms with Crippen LogP contribution in [0.5, 0.6) is 0 Å². The van der Waals surface area contributed by atoms with Crippen LogP contribution in [0.3, 0.4) is 0 Å². The molecule has 180 valence electrons. The summed E-state index contributed by atoms with van der Waals surface area (Å²) in [4.78, 5) is 22.8. The minimum Gasteiger partial charge on any atom is -0.459 e. The molecule has 2 aromatic carbocycles. The van der Waals surface area contributed by atoms with E-state index in [4.69, 9.17) is 0 Å². The Balaban J connectivity index is 1.85.